The molecular formula is C14H19Cl2N3O2. The molecule has 7 heteroatoms. The zero-order chi connectivity index (χ0) is 15.2. The minimum absolute atomic E-state index is 0.111. The van der Waals surface area contributed by atoms with Gasteiger partial charge in [-0.25, -0.2) is 4.79 Å². The minimum atomic E-state index is -0.111. The molecule has 116 valence electrons. The molecular weight excluding hydrogens is 313 g/mol. The van der Waals surface area contributed by atoms with Crippen LogP contribution in [-0.2, 0) is 4.74 Å². The van der Waals surface area contributed by atoms with Crippen LogP contribution in [0.4, 0.5) is 10.5 Å². The fourth-order valence-electron chi connectivity index (χ4n) is 2.17. The molecule has 1 aromatic carbocycles. The van der Waals surface area contributed by atoms with Gasteiger partial charge in [-0.2, -0.15) is 0 Å². The quantitative estimate of drug-likeness (QED) is 0.922. The van der Waals surface area contributed by atoms with Gasteiger partial charge in [0.05, 0.1) is 16.7 Å². The first-order chi connectivity index (χ1) is 10.1. The fraction of sp³-hybridized carbons (Fsp3) is 0.500. The third-order valence-corrected chi connectivity index (χ3v) is 4.18. The van der Waals surface area contributed by atoms with Crippen molar-refractivity contribution in [3.05, 3.63) is 28.2 Å². The van der Waals surface area contributed by atoms with Crippen molar-refractivity contribution in [1.29, 1.82) is 0 Å². The first-order valence-electron chi connectivity index (χ1n) is 6.82. The van der Waals surface area contributed by atoms with Gasteiger partial charge in [0.1, 0.15) is 0 Å². The number of halogens is 2. The average Bonchev–Trinajstić information content (AvgIpc) is 2.49. The lowest BCUT2D eigenvalue weighted by molar-refractivity contribution is 0.109. The van der Waals surface area contributed by atoms with Gasteiger partial charge in [0, 0.05) is 45.5 Å². The maximum Gasteiger partial charge on any atom is 0.321 e. The number of ether oxygens (including phenoxy) is 1. The van der Waals surface area contributed by atoms with Crippen molar-refractivity contribution < 1.29 is 9.53 Å². The lowest BCUT2D eigenvalue weighted by Gasteiger charge is -2.34. The Hall–Kier alpha value is -1.01. The van der Waals surface area contributed by atoms with Gasteiger partial charge in [-0.1, -0.05) is 23.2 Å². The van der Waals surface area contributed by atoms with Crippen LogP contribution >= 0.6 is 23.2 Å². The summed E-state index contributed by atoms with van der Waals surface area (Å²) < 4.78 is 5.06. The number of hydrogen-bond acceptors (Lipinski definition) is 3. The predicted octanol–water partition coefficient (Wildman–Crippen LogP) is 2.79. The smallest absolute Gasteiger partial charge is 0.321 e. The number of hydrogen-bond donors (Lipinski definition) is 1. The Bertz CT molecular complexity index is 491. The van der Waals surface area contributed by atoms with Crippen molar-refractivity contribution in [3.8, 4) is 0 Å². The highest BCUT2D eigenvalue weighted by Gasteiger charge is 2.20. The molecule has 0 atom stereocenters. The summed E-state index contributed by atoms with van der Waals surface area (Å²) in [5.41, 5.74) is 0.649. The Morgan fingerprint density at radius 2 is 1.95 bits per heavy atom. The van der Waals surface area contributed by atoms with Gasteiger partial charge in [0.25, 0.3) is 0 Å². The second-order valence-electron chi connectivity index (χ2n) is 4.88. The second-order valence-corrected chi connectivity index (χ2v) is 5.69. The van der Waals surface area contributed by atoms with Gasteiger partial charge < -0.3 is 15.0 Å². The second kappa shape index (κ2) is 7.84. The van der Waals surface area contributed by atoms with E-state index in [1.54, 1.807) is 30.2 Å². The fourth-order valence-corrected chi connectivity index (χ4v) is 2.47. The molecule has 2 rings (SSSR count). The van der Waals surface area contributed by atoms with E-state index in [4.69, 9.17) is 27.9 Å². The van der Waals surface area contributed by atoms with Crippen molar-refractivity contribution >= 4 is 34.9 Å². The molecule has 1 N–H and O–H groups in total. The molecule has 1 aliphatic heterocycles. The zero-order valence-electron chi connectivity index (χ0n) is 11.9. The van der Waals surface area contributed by atoms with Crippen LogP contribution in [-0.4, -0.2) is 62.3 Å². The average molecular weight is 332 g/mol. The third kappa shape index (κ3) is 4.74. The maximum absolute atomic E-state index is 12.2. The number of rotatable bonds is 4. The maximum atomic E-state index is 12.2. The van der Waals surface area contributed by atoms with Crippen LogP contribution in [0.2, 0.25) is 10.0 Å². The van der Waals surface area contributed by atoms with E-state index in [0.29, 0.717) is 28.8 Å². The molecule has 1 fully saturated rings. The number of anilines is 1. The molecule has 0 unspecified atom stereocenters. The largest absolute Gasteiger partial charge is 0.383 e. The summed E-state index contributed by atoms with van der Waals surface area (Å²) >= 11 is 11.8. The molecule has 1 heterocycles. The normalized spacial score (nSPS) is 16.0. The molecule has 1 saturated heterocycles. The first-order valence-corrected chi connectivity index (χ1v) is 7.58. The molecule has 2 amide bonds. The van der Waals surface area contributed by atoms with Crippen LogP contribution in [0, 0.1) is 0 Å². The van der Waals surface area contributed by atoms with Gasteiger partial charge in [0.2, 0.25) is 0 Å². The SMILES string of the molecule is COCCN1CCN(C(=O)Nc2ccc(Cl)c(Cl)c2)CC1. The van der Waals surface area contributed by atoms with E-state index in [9.17, 15) is 4.79 Å². The number of carbonyl (C=O) groups is 1. The summed E-state index contributed by atoms with van der Waals surface area (Å²) in [6.45, 7) is 4.75. The van der Waals surface area contributed by atoms with Crippen LogP contribution in [0.5, 0.6) is 0 Å². The first kappa shape index (κ1) is 16.4. The lowest BCUT2D eigenvalue weighted by Crippen LogP contribution is -2.50. The van der Waals surface area contributed by atoms with Gasteiger partial charge >= 0.3 is 6.03 Å². The van der Waals surface area contributed by atoms with Crippen LogP contribution < -0.4 is 5.32 Å². The van der Waals surface area contributed by atoms with Crippen LogP contribution in [0.1, 0.15) is 0 Å². The highest BCUT2D eigenvalue weighted by molar-refractivity contribution is 6.42. The molecule has 0 aromatic heterocycles. The van der Waals surface area contributed by atoms with E-state index in [1.807, 2.05) is 0 Å². The highest BCUT2D eigenvalue weighted by Crippen LogP contribution is 2.25. The summed E-state index contributed by atoms with van der Waals surface area (Å²) in [7, 11) is 1.70. The zero-order valence-corrected chi connectivity index (χ0v) is 13.5. The van der Waals surface area contributed by atoms with E-state index in [1.165, 1.54) is 0 Å². The molecule has 0 aliphatic carbocycles. The molecule has 0 bridgehead atoms. The Morgan fingerprint density at radius 3 is 2.57 bits per heavy atom. The molecule has 5 nitrogen and oxygen atoms in total. The Kier molecular flexibility index (Phi) is 6.11. The summed E-state index contributed by atoms with van der Waals surface area (Å²) in [5, 5.41) is 3.74. The number of amides is 2. The molecule has 0 saturated carbocycles. The minimum Gasteiger partial charge on any atom is -0.383 e. The summed E-state index contributed by atoms with van der Waals surface area (Å²) in [4.78, 5) is 16.3. The number of piperazine rings is 1. The van der Waals surface area contributed by atoms with Crippen molar-refractivity contribution in [2.24, 2.45) is 0 Å². The van der Waals surface area contributed by atoms with Gasteiger partial charge in [0.15, 0.2) is 0 Å². The van der Waals surface area contributed by atoms with Crippen molar-refractivity contribution in [2.45, 2.75) is 0 Å². The van der Waals surface area contributed by atoms with Gasteiger partial charge in [-0.05, 0) is 18.2 Å². The Morgan fingerprint density at radius 1 is 1.24 bits per heavy atom. The standard InChI is InChI=1S/C14H19Cl2N3O2/c1-21-9-8-18-4-6-19(7-5-18)14(20)17-11-2-3-12(15)13(16)10-11/h2-3,10H,4-9H2,1H3,(H,17,20). The van der Waals surface area contributed by atoms with Gasteiger partial charge in [-0.15, -0.1) is 0 Å². The number of benzene rings is 1. The molecule has 0 spiro atoms. The number of methoxy groups -OCH3 is 1. The third-order valence-electron chi connectivity index (χ3n) is 3.44. The van der Waals surface area contributed by atoms with Crippen molar-refractivity contribution in [2.75, 3.05) is 51.8 Å². The van der Waals surface area contributed by atoms with Crippen LogP contribution in [0.3, 0.4) is 0 Å². The topological polar surface area (TPSA) is 44.8 Å². The van der Waals surface area contributed by atoms with Crippen molar-refractivity contribution in [1.82, 2.24) is 9.80 Å². The highest BCUT2D eigenvalue weighted by atomic mass is 35.5. The van der Waals surface area contributed by atoms with E-state index in [0.717, 1.165) is 26.2 Å². The molecule has 1 aromatic rings. The number of urea groups is 1. The van der Waals surface area contributed by atoms with E-state index in [2.05, 4.69) is 10.2 Å². The lowest BCUT2D eigenvalue weighted by atomic mass is 10.3. The Labute approximate surface area is 134 Å². The molecule has 21 heavy (non-hydrogen) atoms. The summed E-state index contributed by atoms with van der Waals surface area (Å²) in [6.07, 6.45) is 0. The van der Waals surface area contributed by atoms with Crippen LogP contribution in [0.15, 0.2) is 18.2 Å². The van der Waals surface area contributed by atoms with E-state index in [-0.39, 0.29) is 6.03 Å². The van der Waals surface area contributed by atoms with Gasteiger partial charge in [-0.3, -0.25) is 4.90 Å². The summed E-state index contributed by atoms with van der Waals surface area (Å²) in [6, 6.07) is 4.94. The summed E-state index contributed by atoms with van der Waals surface area (Å²) in [5.74, 6) is 0. The molecule has 1 aliphatic rings. The Balaban J connectivity index is 1.83. The van der Waals surface area contributed by atoms with E-state index < -0.39 is 0 Å². The monoisotopic (exact) mass is 331 g/mol. The number of nitrogens with one attached hydrogen (secondary N) is 1. The predicted molar refractivity (Wildman–Crippen MR) is 85.4 cm³/mol. The van der Waals surface area contributed by atoms with Crippen molar-refractivity contribution in [3.63, 3.8) is 0 Å². The number of carbonyl (C=O) groups excluding carboxylic acids is 1. The van der Waals surface area contributed by atoms with E-state index >= 15 is 0 Å². The molecule has 0 radical (unpaired) electrons. The van der Waals surface area contributed by atoms with Crippen LogP contribution in [0.25, 0.3) is 0 Å². The number of nitrogens with zero attached hydrogens (tertiary/aromatic N) is 2.